The third-order valence-corrected chi connectivity index (χ3v) is 5.29. The Morgan fingerprint density at radius 3 is 2.38 bits per heavy atom. The molecule has 8 heteroatoms. The van der Waals surface area contributed by atoms with Crippen molar-refractivity contribution in [3.63, 3.8) is 0 Å². The highest BCUT2D eigenvalue weighted by molar-refractivity contribution is 14.0. The maximum absolute atomic E-state index is 11.7. The van der Waals surface area contributed by atoms with Crippen LogP contribution >= 0.6 is 24.0 Å². The van der Waals surface area contributed by atoms with Gasteiger partial charge in [-0.1, -0.05) is 26.0 Å². The van der Waals surface area contributed by atoms with E-state index in [0.29, 0.717) is 11.4 Å². The van der Waals surface area contributed by atoms with Crippen LogP contribution in [0.15, 0.2) is 28.1 Å². The number of nitrogens with zero attached hydrogens (tertiary/aromatic N) is 2. The maximum Gasteiger partial charge on any atom is 0.191 e. The predicted octanol–water partition coefficient (Wildman–Crippen LogP) is 2.41. The Morgan fingerprint density at radius 2 is 1.88 bits per heavy atom. The smallest absolute Gasteiger partial charge is 0.191 e. The number of likely N-dealkylation sites (N-methyl/N-ethyl adjacent to an activating group) is 1. The fourth-order valence-electron chi connectivity index (χ4n) is 2.72. The summed E-state index contributed by atoms with van der Waals surface area (Å²) in [5.41, 5.74) is 1.79. The topological polar surface area (TPSA) is 73.8 Å². The highest BCUT2D eigenvalue weighted by atomic mass is 127. The number of nitrogens with one attached hydrogen (secondary N) is 2. The summed E-state index contributed by atoms with van der Waals surface area (Å²) < 4.78 is 23.3. The van der Waals surface area contributed by atoms with Crippen molar-refractivity contribution in [2.45, 2.75) is 38.6 Å². The molecule has 0 aromatic heterocycles. The summed E-state index contributed by atoms with van der Waals surface area (Å²) in [4.78, 5) is 7.01. The number of hydrogen-bond acceptors (Lipinski definition) is 4. The van der Waals surface area contributed by atoms with E-state index in [1.807, 2.05) is 19.1 Å². The van der Waals surface area contributed by atoms with Crippen LogP contribution in [-0.2, 0) is 16.4 Å². The summed E-state index contributed by atoms with van der Waals surface area (Å²) in [6.07, 6.45) is 2.39. The number of halogens is 1. The van der Waals surface area contributed by atoms with Gasteiger partial charge in [0.05, 0.1) is 4.90 Å². The molecule has 0 saturated carbocycles. The monoisotopic (exact) mass is 496 g/mol. The average molecular weight is 496 g/mol. The summed E-state index contributed by atoms with van der Waals surface area (Å²) in [7, 11) is -1.43. The van der Waals surface area contributed by atoms with Gasteiger partial charge >= 0.3 is 0 Å². The molecule has 0 aliphatic carbocycles. The van der Waals surface area contributed by atoms with Crippen LogP contribution in [0.5, 0.6) is 0 Å². The number of aliphatic imine (C=N–C) groups is 1. The second-order valence-corrected chi connectivity index (χ2v) is 8.14. The van der Waals surface area contributed by atoms with Gasteiger partial charge in [0, 0.05) is 32.9 Å². The number of guanidine groups is 1. The average Bonchev–Trinajstić information content (AvgIpc) is 2.55. The highest BCUT2D eigenvalue weighted by Crippen LogP contribution is 2.16. The maximum atomic E-state index is 11.7. The predicted molar refractivity (Wildman–Crippen MR) is 120 cm³/mol. The normalized spacial score (nSPS) is 12.0. The Morgan fingerprint density at radius 1 is 1.19 bits per heavy atom. The molecule has 0 atom stereocenters. The first-order valence-electron chi connectivity index (χ1n) is 8.78. The first kappa shape index (κ1) is 25.1. The molecule has 0 aliphatic rings. The van der Waals surface area contributed by atoms with Crippen LogP contribution in [-0.4, -0.2) is 58.8 Å². The number of rotatable bonds is 9. The molecule has 0 radical (unpaired) electrons. The number of hydrogen-bond donors (Lipinski definition) is 2. The Labute approximate surface area is 175 Å². The van der Waals surface area contributed by atoms with E-state index in [-0.39, 0.29) is 24.0 Å². The van der Waals surface area contributed by atoms with E-state index in [4.69, 9.17) is 0 Å². The molecule has 0 saturated heterocycles. The lowest BCUT2D eigenvalue weighted by Crippen LogP contribution is -2.41. The van der Waals surface area contributed by atoms with Gasteiger partial charge in [0.1, 0.15) is 0 Å². The summed E-state index contributed by atoms with van der Waals surface area (Å²) in [5.74, 6) is 0.748. The largest absolute Gasteiger partial charge is 0.355 e. The zero-order valence-electron chi connectivity index (χ0n) is 16.5. The minimum absolute atomic E-state index is 0. The molecular formula is C18H33IN4O2S. The van der Waals surface area contributed by atoms with E-state index in [9.17, 15) is 8.42 Å². The Bertz CT molecular complexity index is 678. The zero-order valence-corrected chi connectivity index (χ0v) is 19.6. The number of benzene rings is 1. The van der Waals surface area contributed by atoms with Crippen LogP contribution in [0, 0.1) is 6.92 Å². The van der Waals surface area contributed by atoms with Crippen molar-refractivity contribution >= 4 is 39.8 Å². The van der Waals surface area contributed by atoms with Crippen LogP contribution in [0.1, 0.15) is 31.4 Å². The van der Waals surface area contributed by atoms with E-state index in [2.05, 4.69) is 34.4 Å². The van der Waals surface area contributed by atoms with E-state index < -0.39 is 9.84 Å². The molecule has 1 aromatic rings. The van der Waals surface area contributed by atoms with E-state index in [1.165, 1.54) is 6.26 Å². The molecule has 0 fully saturated rings. The van der Waals surface area contributed by atoms with E-state index in [0.717, 1.165) is 49.7 Å². The SMILES string of the molecule is CCCN(CC)CCNC(=NC)NCc1ccc(S(C)(=O)=O)c(C)c1.I. The summed E-state index contributed by atoms with van der Waals surface area (Å²) >= 11 is 0. The number of sulfone groups is 1. The Balaban J connectivity index is 0.00000625. The van der Waals surface area contributed by atoms with Crippen LogP contribution in [0.25, 0.3) is 0 Å². The molecule has 0 bridgehead atoms. The standard InChI is InChI=1S/C18H32N4O2S.HI/c1-6-11-22(7-2)12-10-20-18(19-4)21-14-16-8-9-17(15(3)13-16)25(5,23)24;/h8-9,13H,6-7,10-12,14H2,1-5H3,(H2,19,20,21);1H. The Hall–Kier alpha value is -0.870. The van der Waals surface area contributed by atoms with Gasteiger partial charge in [0.2, 0.25) is 0 Å². The van der Waals surface area contributed by atoms with E-state index >= 15 is 0 Å². The second-order valence-electron chi connectivity index (χ2n) is 6.16. The van der Waals surface area contributed by atoms with Crippen LogP contribution in [0.4, 0.5) is 0 Å². The molecule has 6 nitrogen and oxygen atoms in total. The fraction of sp³-hybridized carbons (Fsp3) is 0.611. The van der Waals surface area contributed by atoms with Gasteiger partial charge in [0.25, 0.3) is 0 Å². The van der Waals surface area contributed by atoms with E-state index in [1.54, 1.807) is 13.1 Å². The van der Waals surface area contributed by atoms with Gasteiger partial charge in [-0.15, -0.1) is 24.0 Å². The summed E-state index contributed by atoms with van der Waals surface area (Å²) in [6.45, 7) is 10.7. The van der Waals surface area contributed by atoms with Gasteiger partial charge < -0.3 is 15.5 Å². The lowest BCUT2D eigenvalue weighted by atomic mass is 10.1. The van der Waals surface area contributed by atoms with Gasteiger partial charge in [-0.2, -0.15) is 0 Å². The van der Waals surface area contributed by atoms with Gasteiger partial charge in [-0.25, -0.2) is 8.42 Å². The lowest BCUT2D eigenvalue weighted by Gasteiger charge is -2.20. The minimum atomic E-state index is -3.17. The summed E-state index contributed by atoms with van der Waals surface area (Å²) in [6, 6.07) is 5.40. The minimum Gasteiger partial charge on any atom is -0.355 e. The molecule has 0 amide bonds. The van der Waals surface area contributed by atoms with Crippen LogP contribution in [0.2, 0.25) is 0 Å². The molecule has 0 aliphatic heterocycles. The van der Waals surface area contributed by atoms with Gasteiger partial charge in [-0.3, -0.25) is 4.99 Å². The van der Waals surface area contributed by atoms with Crippen LogP contribution in [0.3, 0.4) is 0 Å². The van der Waals surface area contributed by atoms with Gasteiger partial charge in [-0.05, 0) is 43.6 Å². The fourth-order valence-corrected chi connectivity index (χ4v) is 3.68. The van der Waals surface area contributed by atoms with Crippen molar-refractivity contribution < 1.29 is 8.42 Å². The van der Waals surface area contributed by atoms with Gasteiger partial charge in [0.15, 0.2) is 15.8 Å². The van der Waals surface area contributed by atoms with Crippen molar-refractivity contribution in [3.05, 3.63) is 29.3 Å². The van der Waals surface area contributed by atoms with Crippen molar-refractivity contribution in [1.82, 2.24) is 15.5 Å². The summed E-state index contributed by atoms with van der Waals surface area (Å²) in [5, 5.41) is 6.58. The molecule has 2 N–H and O–H groups in total. The van der Waals surface area contributed by atoms with Crippen molar-refractivity contribution in [2.75, 3.05) is 39.5 Å². The second kappa shape index (κ2) is 12.5. The molecule has 0 spiro atoms. The van der Waals surface area contributed by atoms with Crippen LogP contribution < -0.4 is 10.6 Å². The molecule has 0 heterocycles. The van der Waals surface area contributed by atoms with Crippen molar-refractivity contribution in [3.8, 4) is 0 Å². The molecule has 0 unspecified atom stereocenters. The van der Waals surface area contributed by atoms with Crippen molar-refractivity contribution in [2.24, 2.45) is 4.99 Å². The lowest BCUT2D eigenvalue weighted by molar-refractivity contribution is 0.293. The highest BCUT2D eigenvalue weighted by Gasteiger charge is 2.11. The molecule has 150 valence electrons. The quantitative estimate of drug-likeness (QED) is 0.312. The molecular weight excluding hydrogens is 463 g/mol. The van der Waals surface area contributed by atoms with Crippen molar-refractivity contribution in [1.29, 1.82) is 0 Å². The molecule has 1 rings (SSSR count). The first-order chi connectivity index (χ1) is 11.8. The number of aryl methyl sites for hydroxylation is 1. The molecule has 26 heavy (non-hydrogen) atoms. The third kappa shape index (κ3) is 8.68. The third-order valence-electron chi connectivity index (χ3n) is 4.03. The molecule has 1 aromatic carbocycles. The Kier molecular flexibility index (Phi) is 12.1. The zero-order chi connectivity index (χ0) is 18.9. The first-order valence-corrected chi connectivity index (χ1v) is 10.7.